The van der Waals surface area contributed by atoms with E-state index in [1.165, 1.54) is 0 Å². The second kappa shape index (κ2) is 9.82. The zero-order valence-electron chi connectivity index (χ0n) is 15.1. The van der Waals surface area contributed by atoms with Gasteiger partial charge in [0.1, 0.15) is 0 Å². The molecule has 3 N–H and O–H groups in total. The molecule has 0 saturated carbocycles. The number of hydrogen-bond donors (Lipinski definition) is 2. The van der Waals surface area contributed by atoms with Crippen LogP contribution in [0.15, 0.2) is 40.9 Å². The first-order valence-corrected chi connectivity index (χ1v) is 8.93. The van der Waals surface area contributed by atoms with Crippen molar-refractivity contribution < 1.29 is 23.8 Å². The number of hydrogen-bond acceptors (Lipinski definition) is 6. The Labute approximate surface area is 165 Å². The summed E-state index contributed by atoms with van der Waals surface area (Å²) in [4.78, 5) is 23.9. The van der Waals surface area contributed by atoms with Crippen LogP contribution in [0.2, 0.25) is 0 Å². The van der Waals surface area contributed by atoms with Crippen molar-refractivity contribution in [2.24, 2.45) is 0 Å². The average molecular weight is 437 g/mol. The summed E-state index contributed by atoms with van der Waals surface area (Å²) in [6.45, 7) is 0.0155. The fourth-order valence-corrected chi connectivity index (χ4v) is 2.71. The predicted octanol–water partition coefficient (Wildman–Crippen LogP) is 2.56. The summed E-state index contributed by atoms with van der Waals surface area (Å²) < 4.78 is 16.1. The van der Waals surface area contributed by atoms with Crippen molar-refractivity contribution in [2.75, 3.05) is 33.1 Å². The van der Waals surface area contributed by atoms with Gasteiger partial charge < -0.3 is 25.3 Å². The molecular formula is C19H21BrN2O5. The number of methoxy groups -OCH3 is 2. The van der Waals surface area contributed by atoms with E-state index < -0.39 is 11.9 Å². The molecule has 2 aromatic carbocycles. The number of carbonyl (C=O) groups excluding carboxylic acids is 2. The Kier molecular flexibility index (Phi) is 7.48. The Morgan fingerprint density at radius 3 is 2.52 bits per heavy atom. The van der Waals surface area contributed by atoms with E-state index in [9.17, 15) is 9.59 Å². The van der Waals surface area contributed by atoms with Gasteiger partial charge in [0.05, 0.1) is 19.8 Å². The lowest BCUT2D eigenvalue weighted by Gasteiger charge is -2.10. The number of esters is 1. The van der Waals surface area contributed by atoms with Crippen LogP contribution in [0.1, 0.15) is 15.9 Å². The third kappa shape index (κ3) is 5.89. The second-order valence-electron chi connectivity index (χ2n) is 5.60. The molecule has 8 heteroatoms. The van der Waals surface area contributed by atoms with E-state index in [1.54, 1.807) is 38.5 Å². The largest absolute Gasteiger partial charge is 0.493 e. The zero-order valence-corrected chi connectivity index (χ0v) is 16.7. The van der Waals surface area contributed by atoms with Gasteiger partial charge in [-0.2, -0.15) is 0 Å². The van der Waals surface area contributed by atoms with Gasteiger partial charge in [0.25, 0.3) is 5.91 Å². The Morgan fingerprint density at radius 2 is 1.81 bits per heavy atom. The highest BCUT2D eigenvalue weighted by Crippen LogP contribution is 2.27. The van der Waals surface area contributed by atoms with E-state index in [-0.39, 0.29) is 17.9 Å². The summed E-state index contributed by atoms with van der Waals surface area (Å²) in [5, 5.41) is 2.70. The SMILES string of the molecule is COc1ccc(CCNC(=O)COC(=O)c2cc(Br)ccc2N)cc1OC. The number of nitrogens with one attached hydrogen (secondary N) is 1. The van der Waals surface area contributed by atoms with Crippen LogP contribution in [0.4, 0.5) is 5.69 Å². The van der Waals surface area contributed by atoms with E-state index in [1.807, 2.05) is 12.1 Å². The number of nitrogens with two attached hydrogens (primary N) is 1. The van der Waals surface area contributed by atoms with Crippen LogP contribution in [0.25, 0.3) is 0 Å². The number of anilines is 1. The predicted molar refractivity (Wildman–Crippen MR) is 105 cm³/mol. The lowest BCUT2D eigenvalue weighted by atomic mass is 10.1. The van der Waals surface area contributed by atoms with E-state index >= 15 is 0 Å². The molecule has 27 heavy (non-hydrogen) atoms. The third-order valence-electron chi connectivity index (χ3n) is 3.75. The first-order valence-electron chi connectivity index (χ1n) is 8.14. The lowest BCUT2D eigenvalue weighted by molar-refractivity contribution is -0.124. The minimum absolute atomic E-state index is 0.211. The van der Waals surface area contributed by atoms with Gasteiger partial charge in [-0.3, -0.25) is 4.79 Å². The van der Waals surface area contributed by atoms with Crippen molar-refractivity contribution in [1.82, 2.24) is 5.32 Å². The van der Waals surface area contributed by atoms with Gasteiger partial charge >= 0.3 is 5.97 Å². The number of ether oxygens (including phenoxy) is 3. The van der Waals surface area contributed by atoms with Gasteiger partial charge in [0.15, 0.2) is 18.1 Å². The molecule has 0 unspecified atom stereocenters. The van der Waals surface area contributed by atoms with Crippen LogP contribution in [0.3, 0.4) is 0 Å². The van der Waals surface area contributed by atoms with E-state index in [0.717, 1.165) is 5.56 Å². The minimum Gasteiger partial charge on any atom is -0.493 e. The highest BCUT2D eigenvalue weighted by Gasteiger charge is 2.13. The lowest BCUT2D eigenvalue weighted by Crippen LogP contribution is -2.30. The molecule has 2 aromatic rings. The number of rotatable bonds is 8. The van der Waals surface area contributed by atoms with Crippen LogP contribution in [-0.4, -0.2) is 39.2 Å². The molecule has 0 bridgehead atoms. The maximum Gasteiger partial charge on any atom is 0.340 e. The molecule has 0 radical (unpaired) electrons. The van der Waals surface area contributed by atoms with E-state index in [0.29, 0.717) is 28.9 Å². The highest BCUT2D eigenvalue weighted by molar-refractivity contribution is 9.10. The van der Waals surface area contributed by atoms with E-state index in [2.05, 4.69) is 21.2 Å². The minimum atomic E-state index is -0.649. The van der Waals surface area contributed by atoms with Crippen LogP contribution >= 0.6 is 15.9 Å². The Morgan fingerprint density at radius 1 is 1.07 bits per heavy atom. The Bertz CT molecular complexity index is 826. The second-order valence-corrected chi connectivity index (χ2v) is 6.51. The average Bonchev–Trinajstić information content (AvgIpc) is 2.67. The first-order chi connectivity index (χ1) is 12.9. The van der Waals surface area contributed by atoms with Crippen molar-refractivity contribution in [2.45, 2.75) is 6.42 Å². The normalized spacial score (nSPS) is 10.2. The van der Waals surface area contributed by atoms with E-state index in [4.69, 9.17) is 19.9 Å². The molecule has 0 heterocycles. The summed E-state index contributed by atoms with van der Waals surface area (Å²) in [5.41, 5.74) is 7.22. The topological polar surface area (TPSA) is 99.9 Å². The number of nitrogen functional groups attached to an aromatic ring is 1. The fraction of sp³-hybridized carbons (Fsp3) is 0.263. The molecule has 2 rings (SSSR count). The fourth-order valence-electron chi connectivity index (χ4n) is 2.35. The number of benzene rings is 2. The van der Waals surface area contributed by atoms with Crippen molar-refractivity contribution >= 4 is 33.5 Å². The first kappa shape index (κ1) is 20.6. The summed E-state index contributed by atoms with van der Waals surface area (Å²) in [6.07, 6.45) is 0.596. The summed E-state index contributed by atoms with van der Waals surface area (Å²) in [5.74, 6) is 0.229. The molecule has 144 valence electrons. The Balaban J connectivity index is 1.79. The molecule has 1 amide bonds. The van der Waals surface area contributed by atoms with Crippen LogP contribution < -0.4 is 20.5 Å². The van der Waals surface area contributed by atoms with Crippen LogP contribution in [0, 0.1) is 0 Å². The van der Waals surface area contributed by atoms with Crippen molar-refractivity contribution in [3.05, 3.63) is 52.0 Å². The smallest absolute Gasteiger partial charge is 0.340 e. The van der Waals surface area contributed by atoms with Crippen molar-refractivity contribution in [3.8, 4) is 11.5 Å². The molecule has 0 aliphatic heterocycles. The van der Waals surface area contributed by atoms with Gasteiger partial charge in [-0.05, 0) is 42.3 Å². The van der Waals surface area contributed by atoms with Gasteiger partial charge in [-0.25, -0.2) is 4.79 Å². The Hall–Kier alpha value is -2.74. The number of carbonyl (C=O) groups is 2. The maximum absolute atomic E-state index is 12.0. The molecule has 7 nitrogen and oxygen atoms in total. The van der Waals surface area contributed by atoms with Gasteiger partial charge in [-0.1, -0.05) is 22.0 Å². The molecule has 0 aromatic heterocycles. The highest BCUT2D eigenvalue weighted by atomic mass is 79.9. The molecule has 0 aliphatic rings. The summed E-state index contributed by atoms with van der Waals surface area (Å²) in [7, 11) is 3.14. The summed E-state index contributed by atoms with van der Waals surface area (Å²) >= 11 is 3.26. The zero-order chi connectivity index (χ0) is 19.8. The quantitative estimate of drug-likeness (QED) is 0.487. The summed E-state index contributed by atoms with van der Waals surface area (Å²) in [6, 6.07) is 10.4. The number of halogens is 1. The number of amides is 1. The standard InChI is InChI=1S/C19H21BrN2O5/c1-25-16-6-3-12(9-17(16)26-2)7-8-22-18(23)11-27-19(24)14-10-13(20)4-5-15(14)21/h3-6,9-10H,7-8,11,21H2,1-2H3,(H,22,23). The molecule has 0 atom stereocenters. The third-order valence-corrected chi connectivity index (χ3v) is 4.25. The molecule has 0 fully saturated rings. The van der Waals surface area contributed by atoms with Crippen LogP contribution in [0.5, 0.6) is 11.5 Å². The maximum atomic E-state index is 12.0. The van der Waals surface area contributed by atoms with Gasteiger partial charge in [-0.15, -0.1) is 0 Å². The van der Waals surface area contributed by atoms with Gasteiger partial charge in [0.2, 0.25) is 0 Å². The molecule has 0 spiro atoms. The monoisotopic (exact) mass is 436 g/mol. The molecule has 0 saturated heterocycles. The molecule has 0 aliphatic carbocycles. The van der Waals surface area contributed by atoms with Crippen molar-refractivity contribution in [1.29, 1.82) is 0 Å². The van der Waals surface area contributed by atoms with Crippen molar-refractivity contribution in [3.63, 3.8) is 0 Å². The molecular weight excluding hydrogens is 416 g/mol. The van der Waals surface area contributed by atoms with Gasteiger partial charge in [0, 0.05) is 16.7 Å². The van der Waals surface area contributed by atoms with Crippen LogP contribution in [-0.2, 0) is 16.0 Å².